The molecule has 0 amide bonds. The van der Waals surface area contributed by atoms with E-state index in [-0.39, 0.29) is 4.90 Å². The van der Waals surface area contributed by atoms with Crippen molar-refractivity contribution in [2.45, 2.75) is 18.7 Å². The summed E-state index contributed by atoms with van der Waals surface area (Å²) in [6, 6.07) is 11.8. The molecule has 3 rings (SSSR count). The van der Waals surface area contributed by atoms with Gasteiger partial charge in [-0.25, -0.2) is 8.42 Å². The van der Waals surface area contributed by atoms with Gasteiger partial charge in [-0.05, 0) is 43.7 Å². The van der Waals surface area contributed by atoms with Crippen LogP contribution in [0.1, 0.15) is 11.3 Å². The van der Waals surface area contributed by atoms with E-state index < -0.39 is 10.0 Å². The van der Waals surface area contributed by atoms with Crippen LogP contribution < -0.4 is 4.72 Å². The Morgan fingerprint density at radius 2 is 1.81 bits per heavy atom. The molecule has 0 unspecified atom stereocenters. The molecule has 0 radical (unpaired) electrons. The SMILES string of the molecule is Cc1cc2onc(C)c2cc1NS(=O)(=O)c1ccccc1. The summed E-state index contributed by atoms with van der Waals surface area (Å²) in [6.07, 6.45) is 0. The molecule has 1 N–H and O–H groups in total. The van der Waals surface area contributed by atoms with Crippen LogP contribution in [0, 0.1) is 13.8 Å². The number of hydrogen-bond acceptors (Lipinski definition) is 4. The molecule has 0 spiro atoms. The van der Waals surface area contributed by atoms with Gasteiger partial charge in [-0.1, -0.05) is 23.4 Å². The summed E-state index contributed by atoms with van der Waals surface area (Å²) in [6.45, 7) is 3.64. The van der Waals surface area contributed by atoms with Gasteiger partial charge in [0.15, 0.2) is 5.58 Å². The van der Waals surface area contributed by atoms with E-state index in [1.807, 2.05) is 13.8 Å². The number of fused-ring (bicyclic) bond motifs is 1. The minimum Gasteiger partial charge on any atom is -0.356 e. The molecule has 0 aliphatic carbocycles. The van der Waals surface area contributed by atoms with Gasteiger partial charge in [0.1, 0.15) is 0 Å². The lowest BCUT2D eigenvalue weighted by Crippen LogP contribution is -2.13. The maximum absolute atomic E-state index is 12.4. The zero-order valence-electron chi connectivity index (χ0n) is 11.6. The lowest BCUT2D eigenvalue weighted by molar-refractivity contribution is 0.450. The highest BCUT2D eigenvalue weighted by molar-refractivity contribution is 7.92. The molecule has 3 aromatic rings. The molecule has 108 valence electrons. The first-order valence-corrected chi connectivity index (χ1v) is 7.90. The van der Waals surface area contributed by atoms with Crippen molar-refractivity contribution in [2.24, 2.45) is 0 Å². The number of rotatable bonds is 3. The average Bonchev–Trinajstić information content (AvgIpc) is 2.81. The summed E-state index contributed by atoms with van der Waals surface area (Å²) in [5, 5.41) is 4.68. The first kappa shape index (κ1) is 13.6. The number of sulfonamides is 1. The fourth-order valence-corrected chi connectivity index (χ4v) is 3.26. The standard InChI is InChI=1S/C15H14N2O3S/c1-10-8-15-13(11(2)16-20-15)9-14(10)17-21(18,19)12-6-4-3-5-7-12/h3-9,17H,1-2H3. The van der Waals surface area contributed by atoms with Crippen LogP contribution in [0.5, 0.6) is 0 Å². The predicted molar refractivity (Wildman–Crippen MR) is 80.7 cm³/mol. The van der Waals surface area contributed by atoms with Crippen molar-refractivity contribution in [1.82, 2.24) is 5.16 Å². The van der Waals surface area contributed by atoms with Gasteiger partial charge >= 0.3 is 0 Å². The van der Waals surface area contributed by atoms with Crippen LogP contribution in [0.2, 0.25) is 0 Å². The van der Waals surface area contributed by atoms with Gasteiger partial charge in [0.2, 0.25) is 0 Å². The number of nitrogens with one attached hydrogen (secondary N) is 1. The second-order valence-electron chi connectivity index (χ2n) is 4.85. The second-order valence-corrected chi connectivity index (χ2v) is 6.53. The molecule has 0 bridgehead atoms. The zero-order chi connectivity index (χ0) is 15.0. The molecule has 0 fully saturated rings. The third kappa shape index (κ3) is 2.50. The molecular formula is C15H14N2O3S. The first-order valence-electron chi connectivity index (χ1n) is 6.42. The molecule has 1 heterocycles. The van der Waals surface area contributed by atoms with Gasteiger partial charge in [-0.15, -0.1) is 0 Å². The highest BCUT2D eigenvalue weighted by Crippen LogP contribution is 2.27. The molecule has 0 aliphatic rings. The number of benzene rings is 2. The Labute approximate surface area is 122 Å². The Hall–Kier alpha value is -2.34. The van der Waals surface area contributed by atoms with Crippen LogP contribution in [0.15, 0.2) is 51.9 Å². The van der Waals surface area contributed by atoms with E-state index in [1.165, 1.54) is 0 Å². The van der Waals surface area contributed by atoms with Crippen LogP contribution in [-0.4, -0.2) is 13.6 Å². The van der Waals surface area contributed by atoms with Crippen molar-refractivity contribution in [3.63, 3.8) is 0 Å². The van der Waals surface area contributed by atoms with E-state index in [0.29, 0.717) is 11.3 Å². The normalized spacial score (nSPS) is 11.7. The van der Waals surface area contributed by atoms with Crippen LogP contribution in [-0.2, 0) is 10.0 Å². The summed E-state index contributed by atoms with van der Waals surface area (Å²) >= 11 is 0. The van der Waals surface area contributed by atoms with Gasteiger partial charge in [0, 0.05) is 5.39 Å². The van der Waals surface area contributed by atoms with Gasteiger partial charge in [-0.3, -0.25) is 4.72 Å². The fourth-order valence-electron chi connectivity index (χ4n) is 2.12. The molecular weight excluding hydrogens is 288 g/mol. The Morgan fingerprint density at radius 1 is 1.10 bits per heavy atom. The maximum Gasteiger partial charge on any atom is 0.261 e. The number of aromatic nitrogens is 1. The summed E-state index contributed by atoms with van der Waals surface area (Å²) < 4.78 is 32.5. The minimum absolute atomic E-state index is 0.228. The molecule has 5 nitrogen and oxygen atoms in total. The Bertz CT molecular complexity index is 899. The largest absolute Gasteiger partial charge is 0.356 e. The Balaban J connectivity index is 2.05. The quantitative estimate of drug-likeness (QED) is 0.806. The maximum atomic E-state index is 12.4. The smallest absolute Gasteiger partial charge is 0.261 e. The Kier molecular flexibility index (Phi) is 3.17. The van der Waals surface area contributed by atoms with Crippen LogP contribution in [0.4, 0.5) is 5.69 Å². The second kappa shape index (κ2) is 4.89. The first-order chi connectivity index (χ1) is 9.97. The van der Waals surface area contributed by atoms with Gasteiger partial charge < -0.3 is 4.52 Å². The molecule has 0 atom stereocenters. The van der Waals surface area contributed by atoms with Crippen molar-refractivity contribution >= 4 is 26.7 Å². The van der Waals surface area contributed by atoms with Crippen LogP contribution in [0.3, 0.4) is 0 Å². The van der Waals surface area contributed by atoms with Crippen LogP contribution in [0.25, 0.3) is 11.0 Å². The molecule has 0 saturated carbocycles. The zero-order valence-corrected chi connectivity index (χ0v) is 12.4. The third-order valence-corrected chi connectivity index (χ3v) is 4.68. The summed E-state index contributed by atoms with van der Waals surface area (Å²) in [5.41, 5.74) is 2.67. The van der Waals surface area contributed by atoms with E-state index in [1.54, 1.807) is 42.5 Å². The van der Waals surface area contributed by atoms with Gasteiger partial charge in [0.25, 0.3) is 10.0 Å². The average molecular weight is 302 g/mol. The lowest BCUT2D eigenvalue weighted by atomic mass is 10.1. The molecule has 0 aliphatic heterocycles. The highest BCUT2D eigenvalue weighted by atomic mass is 32.2. The number of hydrogen-bond donors (Lipinski definition) is 1. The van der Waals surface area contributed by atoms with Crippen molar-refractivity contribution in [1.29, 1.82) is 0 Å². The molecule has 21 heavy (non-hydrogen) atoms. The van der Waals surface area contributed by atoms with E-state index >= 15 is 0 Å². The summed E-state index contributed by atoms with van der Waals surface area (Å²) in [7, 11) is -3.60. The van der Waals surface area contributed by atoms with Gasteiger partial charge in [-0.2, -0.15) is 0 Å². The van der Waals surface area contributed by atoms with Gasteiger partial charge in [0.05, 0.1) is 16.3 Å². The van der Waals surface area contributed by atoms with E-state index in [4.69, 9.17) is 4.52 Å². The molecule has 2 aromatic carbocycles. The van der Waals surface area contributed by atoms with Crippen molar-refractivity contribution < 1.29 is 12.9 Å². The summed E-state index contributed by atoms with van der Waals surface area (Å²) in [5.74, 6) is 0. The molecule has 1 aromatic heterocycles. The minimum atomic E-state index is -3.60. The Morgan fingerprint density at radius 3 is 2.52 bits per heavy atom. The van der Waals surface area contributed by atoms with Crippen LogP contribution >= 0.6 is 0 Å². The van der Waals surface area contributed by atoms with E-state index in [9.17, 15) is 8.42 Å². The lowest BCUT2D eigenvalue weighted by Gasteiger charge is -2.10. The molecule has 0 saturated heterocycles. The molecule has 6 heteroatoms. The number of nitrogens with zero attached hydrogens (tertiary/aromatic N) is 1. The summed E-state index contributed by atoms with van der Waals surface area (Å²) in [4.78, 5) is 0.228. The topological polar surface area (TPSA) is 72.2 Å². The number of anilines is 1. The monoisotopic (exact) mass is 302 g/mol. The fraction of sp³-hybridized carbons (Fsp3) is 0.133. The van der Waals surface area contributed by atoms with E-state index in [2.05, 4.69) is 9.88 Å². The van der Waals surface area contributed by atoms with Crippen molar-refractivity contribution in [3.05, 3.63) is 53.7 Å². The number of aryl methyl sites for hydroxylation is 2. The van der Waals surface area contributed by atoms with Crippen molar-refractivity contribution in [3.8, 4) is 0 Å². The third-order valence-electron chi connectivity index (χ3n) is 3.30. The highest BCUT2D eigenvalue weighted by Gasteiger charge is 2.16. The van der Waals surface area contributed by atoms with Crippen molar-refractivity contribution in [2.75, 3.05) is 4.72 Å². The predicted octanol–water partition coefficient (Wildman–Crippen LogP) is 3.25. The van der Waals surface area contributed by atoms with E-state index in [0.717, 1.165) is 16.6 Å².